The first kappa shape index (κ1) is 16.3. The van der Waals surface area contributed by atoms with E-state index in [4.69, 9.17) is 5.26 Å². The second-order valence-corrected chi connectivity index (χ2v) is 7.05. The zero-order valence-corrected chi connectivity index (χ0v) is 13.4. The monoisotopic (exact) mass is 295 g/mol. The molecule has 0 saturated carbocycles. The number of aryl methyl sites for hydroxylation is 1. The largest absolute Gasteiger partial charge is 0.377 e. The van der Waals surface area contributed by atoms with Crippen LogP contribution in [0, 0.1) is 18.3 Å². The number of hydrogen-bond donors (Lipinski definition) is 0. The highest BCUT2D eigenvalue weighted by atomic mass is 32.2. The Morgan fingerprint density at radius 1 is 1.30 bits per heavy atom. The lowest BCUT2D eigenvalue weighted by atomic mass is 10.1. The lowest BCUT2D eigenvalue weighted by Crippen LogP contribution is -2.35. The fourth-order valence-electron chi connectivity index (χ4n) is 1.98. The molecule has 1 rings (SSSR count). The summed E-state index contributed by atoms with van der Waals surface area (Å²) < 4.78 is 25.9. The summed E-state index contributed by atoms with van der Waals surface area (Å²) in [5.74, 6) is 0. The van der Waals surface area contributed by atoms with Crippen LogP contribution in [0.3, 0.4) is 0 Å². The number of anilines is 2. The minimum atomic E-state index is -3.66. The Kier molecular flexibility index (Phi) is 5.01. The van der Waals surface area contributed by atoms with Crippen LogP contribution in [0.4, 0.5) is 11.4 Å². The summed E-state index contributed by atoms with van der Waals surface area (Å²) in [6.07, 6.45) is 0.273. The number of benzene rings is 1. The van der Waals surface area contributed by atoms with Crippen molar-refractivity contribution >= 4 is 21.4 Å². The van der Waals surface area contributed by atoms with Gasteiger partial charge >= 0.3 is 0 Å². The summed E-state index contributed by atoms with van der Waals surface area (Å²) in [7, 11) is 1.64. The van der Waals surface area contributed by atoms with Gasteiger partial charge in [0.15, 0.2) is 5.25 Å². The van der Waals surface area contributed by atoms with E-state index in [2.05, 4.69) is 0 Å². The lowest BCUT2D eigenvalue weighted by molar-refractivity contribution is 0.585. The lowest BCUT2D eigenvalue weighted by Gasteiger charge is -2.24. The second kappa shape index (κ2) is 6.14. The maximum atomic E-state index is 12.3. The highest BCUT2D eigenvalue weighted by molar-refractivity contribution is 7.93. The number of hydrogen-bond acceptors (Lipinski definition) is 4. The molecule has 0 aromatic heterocycles. The Labute approximate surface area is 121 Å². The van der Waals surface area contributed by atoms with Gasteiger partial charge in [-0.1, -0.05) is 13.0 Å². The SMILES string of the molecule is CC[C@@H](C#N)S(=O)(=O)N(C)c1ccc(C)c(N(C)C)c1. The second-order valence-electron chi connectivity index (χ2n) is 4.90. The smallest absolute Gasteiger partial charge is 0.251 e. The highest BCUT2D eigenvalue weighted by Crippen LogP contribution is 2.27. The molecule has 0 radical (unpaired) electrons. The number of nitriles is 1. The third kappa shape index (κ3) is 3.05. The Balaban J connectivity index is 3.26. The van der Waals surface area contributed by atoms with E-state index in [1.54, 1.807) is 13.0 Å². The molecule has 0 aliphatic carbocycles. The minimum absolute atomic E-state index is 0.273. The minimum Gasteiger partial charge on any atom is -0.377 e. The summed E-state index contributed by atoms with van der Waals surface area (Å²) >= 11 is 0. The van der Waals surface area contributed by atoms with Crippen LogP contribution in [0.5, 0.6) is 0 Å². The average Bonchev–Trinajstić information content (AvgIpc) is 2.39. The van der Waals surface area contributed by atoms with E-state index >= 15 is 0 Å². The van der Waals surface area contributed by atoms with E-state index in [1.807, 2.05) is 44.1 Å². The first-order valence-electron chi connectivity index (χ1n) is 6.41. The topological polar surface area (TPSA) is 64.4 Å². The zero-order valence-electron chi connectivity index (χ0n) is 12.6. The van der Waals surface area contributed by atoms with Crippen molar-refractivity contribution in [2.24, 2.45) is 0 Å². The van der Waals surface area contributed by atoms with Gasteiger partial charge in [-0.25, -0.2) is 8.42 Å². The first-order valence-corrected chi connectivity index (χ1v) is 7.91. The van der Waals surface area contributed by atoms with Crippen LogP contribution >= 0.6 is 0 Å². The Morgan fingerprint density at radius 3 is 2.35 bits per heavy atom. The van der Waals surface area contributed by atoms with Crippen LogP contribution in [0.25, 0.3) is 0 Å². The molecule has 0 spiro atoms. The predicted octanol–water partition coefficient (Wildman–Crippen LogP) is 2.13. The van der Waals surface area contributed by atoms with Crippen molar-refractivity contribution in [3.63, 3.8) is 0 Å². The zero-order chi connectivity index (χ0) is 15.5. The number of nitrogens with zero attached hydrogens (tertiary/aromatic N) is 3. The molecule has 110 valence electrons. The molecular formula is C14H21N3O2S. The molecule has 0 heterocycles. The van der Waals surface area contributed by atoms with Crippen molar-refractivity contribution in [1.29, 1.82) is 5.26 Å². The van der Waals surface area contributed by atoms with Crippen molar-refractivity contribution in [3.05, 3.63) is 23.8 Å². The molecule has 0 N–H and O–H groups in total. The van der Waals surface area contributed by atoms with Gasteiger partial charge in [0.05, 0.1) is 11.8 Å². The van der Waals surface area contributed by atoms with Gasteiger partial charge in [0.2, 0.25) is 0 Å². The third-order valence-corrected chi connectivity index (χ3v) is 5.43. The molecule has 0 aliphatic heterocycles. The van der Waals surface area contributed by atoms with Crippen molar-refractivity contribution < 1.29 is 8.42 Å². The van der Waals surface area contributed by atoms with Gasteiger partial charge in [-0.2, -0.15) is 5.26 Å². The van der Waals surface area contributed by atoms with E-state index in [0.717, 1.165) is 11.3 Å². The van der Waals surface area contributed by atoms with Crippen molar-refractivity contribution in [2.45, 2.75) is 25.5 Å². The highest BCUT2D eigenvalue weighted by Gasteiger charge is 2.28. The van der Waals surface area contributed by atoms with E-state index in [0.29, 0.717) is 5.69 Å². The van der Waals surface area contributed by atoms with Gasteiger partial charge in [-0.15, -0.1) is 0 Å². The van der Waals surface area contributed by atoms with E-state index in [1.165, 1.54) is 11.4 Å². The molecule has 6 heteroatoms. The van der Waals surface area contributed by atoms with Crippen LogP contribution < -0.4 is 9.21 Å². The number of rotatable bonds is 5. The Hall–Kier alpha value is -1.74. The van der Waals surface area contributed by atoms with Crippen LogP contribution in [-0.2, 0) is 10.0 Å². The Morgan fingerprint density at radius 2 is 1.90 bits per heavy atom. The van der Waals surface area contributed by atoms with Crippen LogP contribution in [0.1, 0.15) is 18.9 Å². The van der Waals surface area contributed by atoms with Gasteiger partial charge in [-0.05, 0) is 31.0 Å². The van der Waals surface area contributed by atoms with E-state index in [9.17, 15) is 8.42 Å². The quantitative estimate of drug-likeness (QED) is 0.834. The summed E-state index contributed by atoms with van der Waals surface area (Å²) in [6.45, 7) is 3.66. The van der Waals surface area contributed by atoms with Crippen molar-refractivity contribution in [1.82, 2.24) is 0 Å². The van der Waals surface area contributed by atoms with Gasteiger partial charge < -0.3 is 4.90 Å². The molecule has 0 unspecified atom stereocenters. The third-order valence-electron chi connectivity index (χ3n) is 3.29. The molecule has 0 fully saturated rings. The maximum Gasteiger partial charge on any atom is 0.251 e. The average molecular weight is 295 g/mol. The van der Waals surface area contributed by atoms with E-state index in [-0.39, 0.29) is 6.42 Å². The van der Waals surface area contributed by atoms with Gasteiger partial charge in [-0.3, -0.25) is 4.31 Å². The van der Waals surface area contributed by atoms with Crippen molar-refractivity contribution in [2.75, 3.05) is 30.3 Å². The first-order chi connectivity index (χ1) is 9.25. The molecule has 0 aliphatic rings. The van der Waals surface area contributed by atoms with Crippen LogP contribution in [0.15, 0.2) is 18.2 Å². The fraction of sp³-hybridized carbons (Fsp3) is 0.500. The summed E-state index contributed by atoms with van der Waals surface area (Å²) in [5, 5.41) is 7.96. The molecule has 5 nitrogen and oxygen atoms in total. The van der Waals surface area contributed by atoms with Gasteiger partial charge in [0, 0.05) is 26.8 Å². The summed E-state index contributed by atoms with van der Waals surface area (Å²) in [5.41, 5.74) is 2.58. The van der Waals surface area contributed by atoms with Crippen LogP contribution in [0.2, 0.25) is 0 Å². The molecule has 1 atom stereocenters. The maximum absolute atomic E-state index is 12.3. The normalized spacial score (nSPS) is 12.6. The predicted molar refractivity (Wildman–Crippen MR) is 82.5 cm³/mol. The molecule has 0 amide bonds. The molecule has 1 aromatic rings. The van der Waals surface area contributed by atoms with Crippen molar-refractivity contribution in [3.8, 4) is 6.07 Å². The summed E-state index contributed by atoms with van der Waals surface area (Å²) in [6, 6.07) is 7.30. The summed E-state index contributed by atoms with van der Waals surface area (Å²) in [4.78, 5) is 1.93. The standard InChI is InChI=1S/C14H21N3O2S/c1-6-13(10-15)20(18,19)17(5)12-8-7-11(2)14(9-12)16(3)4/h7-9,13H,6H2,1-5H3/t13-/m0/s1. The molecule has 0 bridgehead atoms. The molecule has 1 aromatic carbocycles. The van der Waals surface area contributed by atoms with Gasteiger partial charge in [0.1, 0.15) is 0 Å². The van der Waals surface area contributed by atoms with E-state index < -0.39 is 15.3 Å². The Bertz CT molecular complexity index is 618. The molecule has 0 saturated heterocycles. The fourth-order valence-corrected chi connectivity index (χ4v) is 3.33. The van der Waals surface area contributed by atoms with Crippen LogP contribution in [-0.4, -0.2) is 34.8 Å². The molecule has 20 heavy (non-hydrogen) atoms. The van der Waals surface area contributed by atoms with Gasteiger partial charge in [0.25, 0.3) is 10.0 Å². The number of sulfonamides is 1. The molecular weight excluding hydrogens is 274 g/mol.